The second kappa shape index (κ2) is 4.65. The average molecular weight is 240 g/mol. The van der Waals surface area contributed by atoms with Gasteiger partial charge in [-0.1, -0.05) is 54.6 Å². The molecule has 2 aromatic rings. The van der Waals surface area contributed by atoms with Crippen molar-refractivity contribution < 1.29 is 9.90 Å². The van der Waals surface area contributed by atoms with Crippen LogP contribution in [0.1, 0.15) is 19.4 Å². The number of benzene rings is 2. The molecule has 0 saturated carbocycles. The molecule has 0 aliphatic carbocycles. The van der Waals surface area contributed by atoms with E-state index in [1.165, 1.54) is 0 Å². The Morgan fingerprint density at radius 3 is 2.17 bits per heavy atom. The summed E-state index contributed by atoms with van der Waals surface area (Å²) < 4.78 is 0. The van der Waals surface area contributed by atoms with Gasteiger partial charge in [-0.05, 0) is 30.5 Å². The first-order chi connectivity index (χ1) is 8.51. The molecule has 18 heavy (non-hydrogen) atoms. The van der Waals surface area contributed by atoms with Gasteiger partial charge in [-0.15, -0.1) is 0 Å². The minimum Gasteiger partial charge on any atom is -0.481 e. The van der Waals surface area contributed by atoms with Crippen LogP contribution in [-0.4, -0.2) is 11.1 Å². The molecule has 92 valence electrons. The first kappa shape index (κ1) is 12.4. The molecule has 0 spiro atoms. The van der Waals surface area contributed by atoms with Crippen LogP contribution in [0.15, 0.2) is 54.6 Å². The Bertz CT molecular complexity index is 556. The summed E-state index contributed by atoms with van der Waals surface area (Å²) in [7, 11) is 0. The Kier molecular flexibility index (Phi) is 3.19. The first-order valence-electron chi connectivity index (χ1n) is 5.91. The molecule has 2 heteroatoms. The maximum Gasteiger partial charge on any atom is 0.313 e. The summed E-state index contributed by atoms with van der Waals surface area (Å²) in [6.45, 7) is 3.44. The normalized spacial score (nSPS) is 11.2. The van der Waals surface area contributed by atoms with E-state index >= 15 is 0 Å². The van der Waals surface area contributed by atoms with Crippen molar-refractivity contribution in [3.05, 3.63) is 60.2 Å². The zero-order valence-corrected chi connectivity index (χ0v) is 10.6. The Labute approximate surface area is 107 Å². The number of carboxylic acids is 1. The molecule has 2 rings (SSSR count). The quantitative estimate of drug-likeness (QED) is 0.887. The Morgan fingerprint density at radius 1 is 0.944 bits per heavy atom. The van der Waals surface area contributed by atoms with Crippen molar-refractivity contribution in [2.45, 2.75) is 19.3 Å². The minimum atomic E-state index is -0.870. The lowest BCUT2D eigenvalue weighted by molar-refractivity contribution is -0.142. The summed E-state index contributed by atoms with van der Waals surface area (Å²) in [4.78, 5) is 11.3. The highest BCUT2D eigenvalue weighted by molar-refractivity contribution is 5.81. The van der Waals surface area contributed by atoms with Crippen molar-refractivity contribution >= 4 is 5.97 Å². The third-order valence-electron chi connectivity index (χ3n) is 3.23. The number of carboxylic acid groups (broad SMARTS) is 1. The van der Waals surface area contributed by atoms with E-state index in [0.717, 1.165) is 16.7 Å². The SMILES string of the molecule is CC(C)(C(=O)O)c1cccc(-c2ccccc2)c1. The molecule has 0 saturated heterocycles. The predicted molar refractivity (Wildman–Crippen MR) is 72.5 cm³/mol. The molecule has 2 aromatic carbocycles. The smallest absolute Gasteiger partial charge is 0.313 e. The molecule has 0 atom stereocenters. The maximum atomic E-state index is 11.3. The van der Waals surface area contributed by atoms with Gasteiger partial charge in [0.2, 0.25) is 0 Å². The van der Waals surface area contributed by atoms with Crippen LogP contribution < -0.4 is 0 Å². The summed E-state index contributed by atoms with van der Waals surface area (Å²) in [5.41, 5.74) is 2.09. The highest BCUT2D eigenvalue weighted by Gasteiger charge is 2.29. The zero-order valence-electron chi connectivity index (χ0n) is 10.6. The Morgan fingerprint density at radius 2 is 1.56 bits per heavy atom. The molecule has 0 amide bonds. The van der Waals surface area contributed by atoms with E-state index < -0.39 is 11.4 Å². The summed E-state index contributed by atoms with van der Waals surface area (Å²) >= 11 is 0. The highest BCUT2D eigenvalue weighted by Crippen LogP contribution is 2.28. The molecule has 0 aliphatic rings. The summed E-state index contributed by atoms with van der Waals surface area (Å²) in [6.07, 6.45) is 0. The topological polar surface area (TPSA) is 37.3 Å². The molecular weight excluding hydrogens is 224 g/mol. The third kappa shape index (κ3) is 2.28. The van der Waals surface area contributed by atoms with Crippen LogP contribution in [-0.2, 0) is 10.2 Å². The van der Waals surface area contributed by atoms with Crippen LogP contribution in [0.2, 0.25) is 0 Å². The first-order valence-corrected chi connectivity index (χ1v) is 5.91. The van der Waals surface area contributed by atoms with E-state index in [4.69, 9.17) is 0 Å². The van der Waals surface area contributed by atoms with Crippen molar-refractivity contribution in [3.8, 4) is 11.1 Å². The van der Waals surface area contributed by atoms with E-state index in [9.17, 15) is 9.90 Å². The fourth-order valence-electron chi connectivity index (χ4n) is 1.84. The van der Waals surface area contributed by atoms with Crippen molar-refractivity contribution in [3.63, 3.8) is 0 Å². The van der Waals surface area contributed by atoms with Gasteiger partial charge in [0.05, 0.1) is 5.41 Å². The average Bonchev–Trinajstić information content (AvgIpc) is 2.40. The molecular formula is C16H16O2. The van der Waals surface area contributed by atoms with Gasteiger partial charge in [-0.3, -0.25) is 4.79 Å². The molecule has 0 bridgehead atoms. The van der Waals surface area contributed by atoms with Crippen LogP contribution >= 0.6 is 0 Å². The molecule has 0 radical (unpaired) electrons. The van der Waals surface area contributed by atoms with E-state index in [1.54, 1.807) is 13.8 Å². The Hall–Kier alpha value is -2.09. The lowest BCUT2D eigenvalue weighted by atomic mass is 9.83. The van der Waals surface area contributed by atoms with Gasteiger partial charge in [-0.25, -0.2) is 0 Å². The van der Waals surface area contributed by atoms with Gasteiger partial charge < -0.3 is 5.11 Å². The third-order valence-corrected chi connectivity index (χ3v) is 3.23. The van der Waals surface area contributed by atoms with E-state index in [-0.39, 0.29) is 0 Å². The second-order valence-electron chi connectivity index (χ2n) is 4.88. The number of carbonyl (C=O) groups is 1. The molecule has 0 unspecified atom stereocenters. The van der Waals surface area contributed by atoms with Crippen molar-refractivity contribution in [2.24, 2.45) is 0 Å². The number of hydrogen-bond donors (Lipinski definition) is 1. The molecule has 0 heterocycles. The van der Waals surface area contributed by atoms with Crippen molar-refractivity contribution in [1.82, 2.24) is 0 Å². The van der Waals surface area contributed by atoms with Gasteiger partial charge in [0.25, 0.3) is 0 Å². The number of rotatable bonds is 3. The largest absolute Gasteiger partial charge is 0.481 e. The lowest BCUT2D eigenvalue weighted by Gasteiger charge is -2.20. The van der Waals surface area contributed by atoms with Crippen LogP contribution in [0.5, 0.6) is 0 Å². The van der Waals surface area contributed by atoms with Crippen LogP contribution in [0.25, 0.3) is 11.1 Å². The lowest BCUT2D eigenvalue weighted by Crippen LogP contribution is -2.28. The monoisotopic (exact) mass is 240 g/mol. The van der Waals surface area contributed by atoms with Gasteiger partial charge in [0.15, 0.2) is 0 Å². The summed E-state index contributed by atoms with van der Waals surface area (Å²) in [5.74, 6) is -0.812. The summed E-state index contributed by atoms with van der Waals surface area (Å²) in [6, 6.07) is 17.7. The van der Waals surface area contributed by atoms with E-state index in [1.807, 2.05) is 54.6 Å². The molecule has 2 nitrogen and oxygen atoms in total. The van der Waals surface area contributed by atoms with Gasteiger partial charge in [0, 0.05) is 0 Å². The fourth-order valence-corrected chi connectivity index (χ4v) is 1.84. The second-order valence-corrected chi connectivity index (χ2v) is 4.88. The van der Waals surface area contributed by atoms with Crippen molar-refractivity contribution in [1.29, 1.82) is 0 Å². The van der Waals surface area contributed by atoms with Gasteiger partial charge in [-0.2, -0.15) is 0 Å². The van der Waals surface area contributed by atoms with Crippen LogP contribution in [0.3, 0.4) is 0 Å². The molecule has 0 fully saturated rings. The standard InChI is InChI=1S/C16H16O2/c1-16(2,15(17)18)14-10-6-9-13(11-14)12-7-4-3-5-8-12/h3-11H,1-2H3,(H,17,18). The van der Waals surface area contributed by atoms with Gasteiger partial charge >= 0.3 is 5.97 Å². The Balaban J connectivity index is 2.46. The zero-order chi connectivity index (χ0) is 13.2. The van der Waals surface area contributed by atoms with Crippen LogP contribution in [0.4, 0.5) is 0 Å². The molecule has 1 N–H and O–H groups in total. The van der Waals surface area contributed by atoms with E-state index in [2.05, 4.69) is 0 Å². The molecule has 0 aromatic heterocycles. The minimum absolute atomic E-state index is 0.812. The van der Waals surface area contributed by atoms with E-state index in [0.29, 0.717) is 0 Å². The predicted octanol–water partition coefficient (Wildman–Crippen LogP) is 3.72. The summed E-state index contributed by atoms with van der Waals surface area (Å²) in [5, 5.41) is 9.26. The highest BCUT2D eigenvalue weighted by atomic mass is 16.4. The molecule has 0 aliphatic heterocycles. The fraction of sp³-hybridized carbons (Fsp3) is 0.188. The van der Waals surface area contributed by atoms with Crippen LogP contribution in [0, 0.1) is 0 Å². The number of aliphatic carboxylic acids is 1. The number of hydrogen-bond acceptors (Lipinski definition) is 1. The van der Waals surface area contributed by atoms with Crippen molar-refractivity contribution in [2.75, 3.05) is 0 Å². The maximum absolute atomic E-state index is 11.3. The van der Waals surface area contributed by atoms with Gasteiger partial charge in [0.1, 0.15) is 0 Å².